The number of benzene rings is 2. The van der Waals surface area contributed by atoms with Crippen molar-refractivity contribution in [2.24, 2.45) is 5.92 Å². The first-order valence-electron chi connectivity index (χ1n) is 10.2. The van der Waals surface area contributed by atoms with Crippen molar-refractivity contribution < 1.29 is 19.0 Å². The lowest BCUT2D eigenvalue weighted by Gasteiger charge is -2.55. The zero-order valence-electron chi connectivity index (χ0n) is 17.6. The molecule has 6 nitrogen and oxygen atoms in total. The van der Waals surface area contributed by atoms with Gasteiger partial charge in [-0.25, -0.2) is 0 Å². The maximum absolute atomic E-state index is 13.1. The fourth-order valence-corrected chi connectivity index (χ4v) is 4.81. The summed E-state index contributed by atoms with van der Waals surface area (Å²) in [6.07, 6.45) is 0.939. The van der Waals surface area contributed by atoms with Crippen molar-refractivity contribution in [2.75, 3.05) is 18.6 Å². The maximum Gasteiger partial charge on any atom is 0.317 e. The SMILES string of the molecule is CCOC(=O)[C@@H]1[C@@H]2NC(=S)N(c3ccc(CC)cc3)[C@]1(C)Oc1c(OC)cccc12. The molecule has 0 spiro atoms. The van der Waals surface area contributed by atoms with Crippen LogP contribution in [0, 0.1) is 5.92 Å². The van der Waals surface area contributed by atoms with Crippen molar-refractivity contribution >= 4 is 29.0 Å². The Hall–Kier alpha value is -2.80. The van der Waals surface area contributed by atoms with Crippen molar-refractivity contribution in [2.45, 2.75) is 39.0 Å². The monoisotopic (exact) mass is 426 g/mol. The average molecular weight is 427 g/mol. The number of hydrogen-bond donors (Lipinski definition) is 1. The van der Waals surface area contributed by atoms with Crippen LogP contribution in [-0.4, -0.2) is 30.5 Å². The van der Waals surface area contributed by atoms with Gasteiger partial charge in [0.15, 0.2) is 16.6 Å². The fourth-order valence-electron chi connectivity index (χ4n) is 4.39. The third-order valence-electron chi connectivity index (χ3n) is 5.85. The van der Waals surface area contributed by atoms with E-state index in [1.54, 1.807) is 14.0 Å². The van der Waals surface area contributed by atoms with Crippen LogP contribution >= 0.6 is 12.2 Å². The Bertz CT molecular complexity index is 978. The highest BCUT2D eigenvalue weighted by Crippen LogP contribution is 2.52. The first-order valence-corrected chi connectivity index (χ1v) is 10.6. The van der Waals surface area contributed by atoms with E-state index < -0.39 is 11.6 Å². The number of methoxy groups -OCH3 is 1. The molecule has 2 heterocycles. The molecule has 2 aliphatic rings. The molecule has 30 heavy (non-hydrogen) atoms. The van der Waals surface area contributed by atoms with E-state index in [1.165, 1.54) is 5.56 Å². The van der Waals surface area contributed by atoms with Gasteiger partial charge < -0.3 is 19.5 Å². The van der Waals surface area contributed by atoms with Crippen LogP contribution in [0.25, 0.3) is 0 Å². The number of esters is 1. The van der Waals surface area contributed by atoms with Crippen LogP contribution in [-0.2, 0) is 16.0 Å². The van der Waals surface area contributed by atoms with Crippen molar-refractivity contribution in [3.05, 3.63) is 53.6 Å². The van der Waals surface area contributed by atoms with Crippen LogP contribution in [0.5, 0.6) is 11.5 Å². The van der Waals surface area contributed by atoms with Gasteiger partial charge >= 0.3 is 5.97 Å². The molecule has 0 saturated carbocycles. The first-order chi connectivity index (χ1) is 14.4. The van der Waals surface area contributed by atoms with E-state index in [1.807, 2.05) is 42.2 Å². The van der Waals surface area contributed by atoms with Gasteiger partial charge in [0.25, 0.3) is 0 Å². The molecule has 1 N–H and O–H groups in total. The minimum Gasteiger partial charge on any atom is -0.493 e. The van der Waals surface area contributed by atoms with Gasteiger partial charge in [0, 0.05) is 11.3 Å². The highest BCUT2D eigenvalue weighted by Gasteiger charge is 2.60. The first kappa shape index (κ1) is 20.5. The number of carbonyl (C=O) groups excluding carboxylic acids is 1. The van der Waals surface area contributed by atoms with Gasteiger partial charge in [0.05, 0.1) is 19.8 Å². The molecule has 2 aliphatic heterocycles. The number of anilines is 1. The van der Waals surface area contributed by atoms with Crippen LogP contribution < -0.4 is 19.7 Å². The summed E-state index contributed by atoms with van der Waals surface area (Å²) >= 11 is 5.74. The number of rotatable bonds is 5. The smallest absolute Gasteiger partial charge is 0.317 e. The van der Waals surface area contributed by atoms with Crippen molar-refractivity contribution in [1.29, 1.82) is 0 Å². The lowest BCUT2D eigenvalue weighted by molar-refractivity contribution is -0.159. The van der Waals surface area contributed by atoms with Gasteiger partial charge in [-0.2, -0.15) is 0 Å². The van der Waals surface area contributed by atoms with Crippen molar-refractivity contribution in [3.63, 3.8) is 0 Å². The van der Waals surface area contributed by atoms with E-state index in [0.29, 0.717) is 23.2 Å². The fraction of sp³-hybridized carbons (Fsp3) is 0.391. The van der Waals surface area contributed by atoms with E-state index in [-0.39, 0.29) is 12.0 Å². The molecule has 0 amide bonds. The van der Waals surface area contributed by atoms with Crippen LogP contribution in [0.15, 0.2) is 42.5 Å². The summed E-state index contributed by atoms with van der Waals surface area (Å²) in [4.78, 5) is 15.0. The summed E-state index contributed by atoms with van der Waals surface area (Å²) in [6, 6.07) is 13.4. The third kappa shape index (κ3) is 3.08. The van der Waals surface area contributed by atoms with Crippen LogP contribution in [0.3, 0.4) is 0 Å². The van der Waals surface area contributed by atoms with Gasteiger partial charge in [-0.15, -0.1) is 0 Å². The number of thiocarbonyl (C=S) groups is 1. The molecule has 1 saturated heterocycles. The van der Waals surface area contributed by atoms with Gasteiger partial charge in [-0.3, -0.25) is 9.69 Å². The molecule has 0 unspecified atom stereocenters. The molecule has 2 aromatic rings. The summed E-state index contributed by atoms with van der Waals surface area (Å²) in [6.45, 7) is 6.09. The Morgan fingerprint density at radius 3 is 2.60 bits per heavy atom. The van der Waals surface area contributed by atoms with E-state index in [9.17, 15) is 4.79 Å². The predicted octanol–water partition coefficient (Wildman–Crippen LogP) is 3.98. The number of ether oxygens (including phenoxy) is 3. The van der Waals surface area contributed by atoms with Gasteiger partial charge in [-0.1, -0.05) is 31.2 Å². The molecule has 1 fully saturated rings. The maximum atomic E-state index is 13.1. The Morgan fingerprint density at radius 2 is 1.97 bits per heavy atom. The molecular formula is C23H26N2O4S. The summed E-state index contributed by atoms with van der Waals surface area (Å²) in [5.41, 5.74) is 1.80. The molecule has 2 aromatic carbocycles. The number of aryl methyl sites for hydroxylation is 1. The zero-order valence-corrected chi connectivity index (χ0v) is 18.4. The van der Waals surface area contributed by atoms with Gasteiger partial charge in [0.1, 0.15) is 5.92 Å². The molecule has 3 atom stereocenters. The molecule has 0 aromatic heterocycles. The predicted molar refractivity (Wildman–Crippen MR) is 119 cm³/mol. The molecule has 158 valence electrons. The molecule has 0 radical (unpaired) electrons. The lowest BCUT2D eigenvalue weighted by Crippen LogP contribution is -2.71. The number of carbonyl (C=O) groups is 1. The Labute approximate surface area is 182 Å². The molecular weight excluding hydrogens is 400 g/mol. The second-order valence-corrected chi connectivity index (χ2v) is 7.93. The van der Waals surface area contributed by atoms with Gasteiger partial charge in [0.2, 0.25) is 5.72 Å². The topological polar surface area (TPSA) is 60.0 Å². The lowest BCUT2D eigenvalue weighted by atomic mass is 9.79. The number of fused-ring (bicyclic) bond motifs is 4. The van der Waals surface area contributed by atoms with Gasteiger partial charge in [-0.05, 0) is 56.2 Å². The van der Waals surface area contributed by atoms with E-state index in [2.05, 4.69) is 24.4 Å². The number of nitrogens with zero attached hydrogens (tertiary/aromatic N) is 1. The molecule has 0 aliphatic carbocycles. The highest BCUT2D eigenvalue weighted by molar-refractivity contribution is 7.80. The standard InChI is InChI=1S/C23H26N2O4S/c1-5-14-10-12-15(13-11-14)25-22(30)24-19-16-8-7-9-17(27-4)20(16)29-23(25,3)18(19)21(26)28-6-2/h7-13,18-19H,5-6H2,1-4H3,(H,24,30)/t18-,19+,23+/m0/s1. The Morgan fingerprint density at radius 1 is 1.23 bits per heavy atom. The van der Waals surface area contributed by atoms with Crippen LogP contribution in [0.1, 0.15) is 37.9 Å². The Kier molecular flexibility index (Phi) is 5.32. The molecule has 2 bridgehead atoms. The number of hydrogen-bond acceptors (Lipinski definition) is 5. The third-order valence-corrected chi connectivity index (χ3v) is 6.15. The number of para-hydroxylation sites is 1. The van der Waals surface area contributed by atoms with Crippen molar-refractivity contribution in [3.8, 4) is 11.5 Å². The van der Waals surface area contributed by atoms with E-state index in [4.69, 9.17) is 26.4 Å². The van der Waals surface area contributed by atoms with E-state index in [0.717, 1.165) is 17.7 Å². The summed E-state index contributed by atoms with van der Waals surface area (Å²) in [5.74, 6) is 0.262. The number of nitrogens with one attached hydrogen (secondary N) is 1. The average Bonchev–Trinajstić information content (AvgIpc) is 2.73. The molecule has 7 heteroatoms. The summed E-state index contributed by atoms with van der Waals surface area (Å²) < 4.78 is 17.6. The highest BCUT2D eigenvalue weighted by atomic mass is 32.1. The van der Waals surface area contributed by atoms with Crippen LogP contribution in [0.4, 0.5) is 5.69 Å². The summed E-state index contributed by atoms with van der Waals surface area (Å²) in [5, 5.41) is 3.87. The summed E-state index contributed by atoms with van der Waals surface area (Å²) in [7, 11) is 1.60. The quantitative estimate of drug-likeness (QED) is 0.573. The van der Waals surface area contributed by atoms with Crippen LogP contribution in [0.2, 0.25) is 0 Å². The minimum atomic E-state index is -1.09. The normalized spacial score (nSPS) is 24.4. The second kappa shape index (κ2) is 7.80. The Balaban J connectivity index is 1.89. The largest absolute Gasteiger partial charge is 0.493 e. The second-order valence-electron chi connectivity index (χ2n) is 7.55. The zero-order chi connectivity index (χ0) is 21.5. The van der Waals surface area contributed by atoms with Crippen molar-refractivity contribution in [1.82, 2.24) is 5.32 Å². The molecule has 4 rings (SSSR count). The van der Waals surface area contributed by atoms with E-state index >= 15 is 0 Å². The minimum absolute atomic E-state index is 0.290.